The Bertz CT molecular complexity index is 1070. The first kappa shape index (κ1) is 21.1. The summed E-state index contributed by atoms with van der Waals surface area (Å²) in [7, 11) is 2.10. The van der Waals surface area contributed by atoms with Crippen molar-refractivity contribution in [3.63, 3.8) is 0 Å². The minimum Gasteiger partial charge on any atom is -0.369 e. The van der Waals surface area contributed by atoms with Gasteiger partial charge >= 0.3 is 0 Å². The zero-order valence-electron chi connectivity index (χ0n) is 18.2. The van der Waals surface area contributed by atoms with E-state index in [0.717, 1.165) is 37.4 Å². The van der Waals surface area contributed by atoms with Gasteiger partial charge in [0.2, 0.25) is 0 Å². The van der Waals surface area contributed by atoms with Crippen LogP contribution in [0.2, 0.25) is 0 Å². The summed E-state index contributed by atoms with van der Waals surface area (Å²) in [5.74, 6) is -0.408. The van der Waals surface area contributed by atoms with E-state index in [-0.39, 0.29) is 17.8 Å². The van der Waals surface area contributed by atoms with Crippen LogP contribution in [0.3, 0.4) is 0 Å². The summed E-state index contributed by atoms with van der Waals surface area (Å²) >= 11 is 0. The predicted octanol–water partition coefficient (Wildman–Crippen LogP) is 3.77. The van der Waals surface area contributed by atoms with Crippen molar-refractivity contribution >= 4 is 11.6 Å². The molecule has 6 nitrogen and oxygen atoms in total. The topological polar surface area (TPSA) is 64.3 Å². The molecular weight excluding hydrogens is 393 g/mol. The lowest BCUT2D eigenvalue weighted by Crippen LogP contribution is -2.44. The lowest BCUT2D eigenvalue weighted by Gasteiger charge is -2.34. The number of rotatable bonds is 5. The Morgan fingerprint density at radius 1 is 1.10 bits per heavy atom. The first-order valence-corrected chi connectivity index (χ1v) is 10.6. The van der Waals surface area contributed by atoms with E-state index < -0.39 is 0 Å². The summed E-state index contributed by atoms with van der Waals surface area (Å²) in [5.41, 5.74) is 4.02. The Morgan fingerprint density at radius 2 is 1.87 bits per heavy atom. The quantitative estimate of drug-likeness (QED) is 0.658. The van der Waals surface area contributed by atoms with Crippen LogP contribution in [0.4, 0.5) is 10.1 Å². The van der Waals surface area contributed by atoms with Crippen LogP contribution < -0.4 is 10.2 Å². The van der Waals surface area contributed by atoms with Gasteiger partial charge in [-0.2, -0.15) is 5.10 Å². The molecule has 1 aliphatic heterocycles. The molecule has 2 aromatic carbocycles. The molecule has 2 N–H and O–H groups in total. The van der Waals surface area contributed by atoms with Gasteiger partial charge in [-0.25, -0.2) is 4.39 Å². The van der Waals surface area contributed by atoms with Crippen LogP contribution in [-0.4, -0.2) is 60.3 Å². The number of piperazine rings is 1. The maximum absolute atomic E-state index is 14.9. The van der Waals surface area contributed by atoms with Crippen LogP contribution >= 0.6 is 0 Å². The van der Waals surface area contributed by atoms with Crippen molar-refractivity contribution in [2.45, 2.75) is 19.9 Å². The Morgan fingerprint density at radius 3 is 2.58 bits per heavy atom. The average molecular weight is 422 g/mol. The highest BCUT2D eigenvalue weighted by Gasteiger charge is 2.17. The highest BCUT2D eigenvalue weighted by atomic mass is 19.1. The Labute approximate surface area is 182 Å². The normalized spacial score (nSPS) is 14.8. The third-order valence-corrected chi connectivity index (χ3v) is 5.53. The first-order chi connectivity index (χ1) is 14.9. The van der Waals surface area contributed by atoms with Gasteiger partial charge in [-0.15, -0.1) is 0 Å². The van der Waals surface area contributed by atoms with E-state index in [1.54, 1.807) is 24.3 Å². The number of aromatic amines is 1. The van der Waals surface area contributed by atoms with Gasteiger partial charge in [-0.3, -0.25) is 9.89 Å². The summed E-state index contributed by atoms with van der Waals surface area (Å²) in [4.78, 5) is 16.8. The van der Waals surface area contributed by atoms with Crippen LogP contribution in [-0.2, 0) is 0 Å². The molecule has 0 aliphatic carbocycles. The molecule has 3 aromatic rings. The zero-order chi connectivity index (χ0) is 22.0. The van der Waals surface area contributed by atoms with Gasteiger partial charge in [0.15, 0.2) is 0 Å². The van der Waals surface area contributed by atoms with Crippen molar-refractivity contribution in [1.82, 2.24) is 20.4 Å². The smallest absolute Gasteiger partial charge is 0.251 e. The fraction of sp³-hybridized carbons (Fsp3) is 0.333. The fourth-order valence-corrected chi connectivity index (χ4v) is 3.76. The SMILES string of the molecule is CC(C)NC(=O)c1cccc(-c2cc(-c3ccc(N4CCN(C)CC4)cc3F)[nH]n2)c1. The number of hydrogen-bond donors (Lipinski definition) is 2. The molecule has 1 fully saturated rings. The summed E-state index contributed by atoms with van der Waals surface area (Å²) in [6, 6.07) is 14.5. The molecule has 1 aliphatic rings. The minimum absolute atomic E-state index is 0.0601. The number of anilines is 1. The molecule has 7 heteroatoms. The van der Waals surface area contributed by atoms with Gasteiger partial charge < -0.3 is 15.1 Å². The van der Waals surface area contributed by atoms with Crippen molar-refractivity contribution in [1.29, 1.82) is 0 Å². The molecule has 0 bridgehead atoms. The van der Waals surface area contributed by atoms with Crippen LogP contribution in [0, 0.1) is 5.82 Å². The number of likely N-dealkylation sites (N-methyl/N-ethyl adjacent to an activating group) is 1. The third kappa shape index (κ3) is 4.77. The average Bonchev–Trinajstić information content (AvgIpc) is 3.24. The molecule has 0 radical (unpaired) electrons. The summed E-state index contributed by atoms with van der Waals surface area (Å²) in [6.07, 6.45) is 0. The maximum atomic E-state index is 14.9. The minimum atomic E-state index is -0.281. The molecule has 0 atom stereocenters. The number of carbonyl (C=O) groups excluding carboxylic acids is 1. The molecule has 1 aromatic heterocycles. The summed E-state index contributed by atoms with van der Waals surface area (Å²) in [5, 5.41) is 10.2. The van der Waals surface area contributed by atoms with Crippen LogP contribution in [0.1, 0.15) is 24.2 Å². The van der Waals surface area contributed by atoms with Crippen molar-refractivity contribution in [3.8, 4) is 22.5 Å². The zero-order valence-corrected chi connectivity index (χ0v) is 18.2. The second-order valence-electron chi connectivity index (χ2n) is 8.33. The number of nitrogens with zero attached hydrogens (tertiary/aromatic N) is 3. The number of hydrogen-bond acceptors (Lipinski definition) is 4. The third-order valence-electron chi connectivity index (χ3n) is 5.53. The number of benzene rings is 2. The van der Waals surface area contributed by atoms with Gasteiger partial charge in [-0.05, 0) is 57.3 Å². The molecule has 4 rings (SSSR count). The largest absolute Gasteiger partial charge is 0.369 e. The van der Waals surface area contributed by atoms with Crippen molar-refractivity contribution in [3.05, 3.63) is 59.9 Å². The fourth-order valence-electron chi connectivity index (χ4n) is 3.76. The van der Waals surface area contributed by atoms with Crippen molar-refractivity contribution in [2.75, 3.05) is 38.1 Å². The number of aromatic nitrogens is 2. The van der Waals surface area contributed by atoms with Crippen LogP contribution in [0.5, 0.6) is 0 Å². The Balaban J connectivity index is 1.54. The second-order valence-corrected chi connectivity index (χ2v) is 8.33. The lowest BCUT2D eigenvalue weighted by molar-refractivity contribution is 0.0943. The van der Waals surface area contributed by atoms with E-state index in [0.29, 0.717) is 22.5 Å². The van der Waals surface area contributed by atoms with Gasteiger partial charge in [0, 0.05) is 54.6 Å². The number of halogens is 1. The van der Waals surface area contributed by atoms with Crippen molar-refractivity contribution < 1.29 is 9.18 Å². The monoisotopic (exact) mass is 421 g/mol. The summed E-state index contributed by atoms with van der Waals surface area (Å²) < 4.78 is 14.9. The predicted molar refractivity (Wildman–Crippen MR) is 122 cm³/mol. The first-order valence-electron chi connectivity index (χ1n) is 10.6. The molecular formula is C24H28FN5O. The lowest BCUT2D eigenvalue weighted by atomic mass is 10.1. The molecule has 0 unspecified atom stereocenters. The number of nitrogens with one attached hydrogen (secondary N) is 2. The van der Waals surface area contributed by atoms with Gasteiger partial charge in [0.1, 0.15) is 5.82 Å². The van der Waals surface area contributed by atoms with Gasteiger partial charge in [0.05, 0.1) is 11.4 Å². The molecule has 2 heterocycles. The van der Waals surface area contributed by atoms with Gasteiger partial charge in [-0.1, -0.05) is 12.1 Å². The van der Waals surface area contributed by atoms with E-state index in [2.05, 4.69) is 32.4 Å². The Kier molecular flexibility index (Phi) is 6.04. The maximum Gasteiger partial charge on any atom is 0.251 e. The molecule has 0 saturated carbocycles. The molecule has 0 spiro atoms. The molecule has 1 amide bonds. The van der Waals surface area contributed by atoms with E-state index in [1.165, 1.54) is 0 Å². The molecule has 162 valence electrons. The number of amides is 1. The van der Waals surface area contributed by atoms with E-state index >= 15 is 0 Å². The van der Waals surface area contributed by atoms with E-state index in [1.807, 2.05) is 38.1 Å². The van der Waals surface area contributed by atoms with Crippen molar-refractivity contribution in [2.24, 2.45) is 0 Å². The van der Waals surface area contributed by atoms with E-state index in [9.17, 15) is 9.18 Å². The molecule has 31 heavy (non-hydrogen) atoms. The van der Waals surface area contributed by atoms with Crippen LogP contribution in [0.25, 0.3) is 22.5 Å². The van der Waals surface area contributed by atoms with Gasteiger partial charge in [0.25, 0.3) is 5.91 Å². The molecule has 1 saturated heterocycles. The second kappa shape index (κ2) is 8.89. The number of H-pyrrole nitrogens is 1. The summed E-state index contributed by atoms with van der Waals surface area (Å²) in [6.45, 7) is 7.58. The highest BCUT2D eigenvalue weighted by Crippen LogP contribution is 2.29. The standard InChI is InChI=1S/C24H28FN5O/c1-16(2)26-24(31)18-6-4-5-17(13-18)22-15-23(28-27-22)20-8-7-19(14-21(20)25)30-11-9-29(3)10-12-30/h4-8,13-16H,9-12H2,1-3H3,(H,26,31)(H,27,28). The van der Waals surface area contributed by atoms with Crippen LogP contribution in [0.15, 0.2) is 48.5 Å². The van der Waals surface area contributed by atoms with E-state index in [4.69, 9.17) is 0 Å². The Hall–Kier alpha value is -3.19. The highest BCUT2D eigenvalue weighted by molar-refractivity contribution is 5.95. The number of carbonyl (C=O) groups is 1.